The van der Waals surface area contributed by atoms with Crippen molar-refractivity contribution in [3.8, 4) is 0 Å². The molecule has 176 valence electrons. The average molecular weight is 514 g/mol. The van der Waals surface area contributed by atoms with Crippen LogP contribution in [-0.4, -0.2) is 38.0 Å². The monoisotopic (exact) mass is 513 g/mol. The lowest BCUT2D eigenvalue weighted by molar-refractivity contribution is -0.121. The minimum absolute atomic E-state index is 0.00245. The smallest absolute Gasteiger partial charge is 0.284 e. The molecule has 34 heavy (non-hydrogen) atoms. The highest BCUT2D eigenvalue weighted by Gasteiger charge is 2.38. The summed E-state index contributed by atoms with van der Waals surface area (Å²) in [6.45, 7) is 8.10. The van der Waals surface area contributed by atoms with E-state index in [4.69, 9.17) is 11.6 Å². The molecule has 2 aromatic rings. The van der Waals surface area contributed by atoms with Crippen molar-refractivity contribution in [1.82, 2.24) is 4.90 Å². The van der Waals surface area contributed by atoms with Gasteiger partial charge in [-0.2, -0.15) is 8.42 Å². The lowest BCUT2D eigenvalue weighted by atomic mass is 9.84. The molecule has 1 saturated heterocycles. The Balaban J connectivity index is 1.70. The van der Waals surface area contributed by atoms with E-state index in [1.807, 2.05) is 25.3 Å². The summed E-state index contributed by atoms with van der Waals surface area (Å²) in [5, 5.41) is 0.511. The number of allylic oxidation sites excluding steroid dienone is 3. The number of amides is 1. The van der Waals surface area contributed by atoms with Crippen molar-refractivity contribution in [2.45, 2.75) is 24.2 Å². The molecule has 2 aliphatic rings. The fourth-order valence-electron chi connectivity index (χ4n) is 4.10. The number of anilines is 1. The molecular formula is C25H24ClN3O3S2. The third-order valence-electron chi connectivity index (χ3n) is 5.84. The number of para-hydroxylation sites is 1. The van der Waals surface area contributed by atoms with Gasteiger partial charge in [-0.05, 0) is 59.8 Å². The number of likely N-dealkylation sites (N-methyl/N-ethyl adjacent to an activating group) is 1. The molecule has 2 aromatic carbocycles. The van der Waals surface area contributed by atoms with Gasteiger partial charge in [-0.15, -0.1) is 11.0 Å². The molecule has 9 heteroatoms. The molecule has 0 saturated carbocycles. The SMILES string of the molecule is C=CCN1C(=O)/C(=C/C=C2/N(C)c3ccccc3C2(C)C)S/C1=N/S(=O)(=O)c1ccc(Cl)cc1. The Bertz CT molecular complexity index is 1360. The highest BCUT2D eigenvalue weighted by Crippen LogP contribution is 2.46. The second-order valence-electron chi connectivity index (χ2n) is 8.39. The summed E-state index contributed by atoms with van der Waals surface area (Å²) >= 11 is 6.90. The number of amidine groups is 1. The predicted molar refractivity (Wildman–Crippen MR) is 140 cm³/mol. The first-order valence-electron chi connectivity index (χ1n) is 10.5. The van der Waals surface area contributed by atoms with Gasteiger partial charge in [0.15, 0.2) is 5.17 Å². The van der Waals surface area contributed by atoms with Crippen LogP contribution in [0.4, 0.5) is 5.69 Å². The maximum absolute atomic E-state index is 13.1. The topological polar surface area (TPSA) is 70.1 Å². The Morgan fingerprint density at radius 2 is 1.79 bits per heavy atom. The van der Waals surface area contributed by atoms with Crippen LogP contribution in [0.5, 0.6) is 0 Å². The van der Waals surface area contributed by atoms with Gasteiger partial charge < -0.3 is 4.90 Å². The summed E-state index contributed by atoms with van der Waals surface area (Å²) in [4.78, 5) is 16.9. The van der Waals surface area contributed by atoms with E-state index >= 15 is 0 Å². The van der Waals surface area contributed by atoms with Crippen molar-refractivity contribution >= 4 is 50.1 Å². The molecule has 2 heterocycles. The zero-order valence-electron chi connectivity index (χ0n) is 19.0. The van der Waals surface area contributed by atoms with Crippen molar-refractivity contribution in [2.75, 3.05) is 18.5 Å². The number of hydrogen-bond acceptors (Lipinski definition) is 5. The lowest BCUT2D eigenvalue weighted by Gasteiger charge is -2.23. The van der Waals surface area contributed by atoms with Crippen molar-refractivity contribution in [3.63, 3.8) is 0 Å². The number of carbonyl (C=O) groups excluding carboxylic acids is 1. The average Bonchev–Trinajstić information content (AvgIpc) is 3.18. The first-order chi connectivity index (χ1) is 16.1. The van der Waals surface area contributed by atoms with Gasteiger partial charge in [-0.1, -0.05) is 49.7 Å². The van der Waals surface area contributed by atoms with Crippen LogP contribution in [-0.2, 0) is 20.2 Å². The number of thioether (sulfide) groups is 1. The fourth-order valence-corrected chi connectivity index (χ4v) is 6.36. The number of benzene rings is 2. The van der Waals surface area contributed by atoms with Gasteiger partial charge >= 0.3 is 0 Å². The van der Waals surface area contributed by atoms with Crippen LogP contribution < -0.4 is 4.90 Å². The molecule has 1 amide bonds. The van der Waals surface area contributed by atoms with E-state index in [2.05, 4.69) is 41.9 Å². The normalized spacial score (nSPS) is 21.1. The molecule has 0 N–H and O–H groups in total. The summed E-state index contributed by atoms with van der Waals surface area (Å²) in [5.41, 5.74) is 3.11. The maximum Gasteiger partial charge on any atom is 0.284 e. The molecule has 0 radical (unpaired) electrons. The summed E-state index contributed by atoms with van der Waals surface area (Å²) in [5.74, 6) is -0.317. The minimum atomic E-state index is -4.02. The fraction of sp³-hybridized carbons (Fsp3) is 0.200. The van der Waals surface area contributed by atoms with Gasteiger partial charge in [0, 0.05) is 35.4 Å². The van der Waals surface area contributed by atoms with Crippen molar-refractivity contribution in [2.24, 2.45) is 4.40 Å². The zero-order chi connectivity index (χ0) is 24.7. The summed E-state index contributed by atoms with van der Waals surface area (Å²) < 4.78 is 29.6. The van der Waals surface area contributed by atoms with E-state index in [0.717, 1.165) is 23.1 Å². The van der Waals surface area contributed by atoms with Crippen LogP contribution in [0.15, 0.2) is 93.2 Å². The zero-order valence-corrected chi connectivity index (χ0v) is 21.4. The van der Waals surface area contributed by atoms with Crippen LogP contribution >= 0.6 is 23.4 Å². The highest BCUT2D eigenvalue weighted by molar-refractivity contribution is 8.19. The highest BCUT2D eigenvalue weighted by atomic mass is 35.5. The summed E-state index contributed by atoms with van der Waals surface area (Å²) in [6.07, 6.45) is 5.19. The Kier molecular flexibility index (Phi) is 6.50. The van der Waals surface area contributed by atoms with Crippen LogP contribution in [0.1, 0.15) is 19.4 Å². The van der Waals surface area contributed by atoms with E-state index in [9.17, 15) is 13.2 Å². The molecule has 4 rings (SSSR count). The Morgan fingerprint density at radius 3 is 2.44 bits per heavy atom. The molecule has 0 unspecified atom stereocenters. The first kappa shape index (κ1) is 24.3. The lowest BCUT2D eigenvalue weighted by Crippen LogP contribution is -2.29. The molecule has 1 fully saturated rings. The molecule has 0 aromatic heterocycles. The molecule has 0 atom stereocenters. The second kappa shape index (κ2) is 9.09. The van der Waals surface area contributed by atoms with E-state index in [0.29, 0.717) is 9.93 Å². The van der Waals surface area contributed by atoms with Crippen molar-refractivity contribution < 1.29 is 13.2 Å². The quantitative estimate of drug-likeness (QED) is 0.398. The Labute approximate surface area is 209 Å². The number of halogens is 1. The number of rotatable bonds is 5. The Hall–Kier alpha value is -2.81. The third-order valence-corrected chi connectivity index (χ3v) is 8.52. The van der Waals surface area contributed by atoms with Gasteiger partial charge in [0.05, 0.1) is 9.80 Å². The van der Waals surface area contributed by atoms with Gasteiger partial charge in [0.2, 0.25) is 0 Å². The van der Waals surface area contributed by atoms with Crippen molar-refractivity contribution in [3.05, 3.63) is 94.5 Å². The molecular weight excluding hydrogens is 490 g/mol. The first-order valence-corrected chi connectivity index (χ1v) is 13.2. The Morgan fingerprint density at radius 1 is 1.12 bits per heavy atom. The van der Waals surface area contributed by atoms with E-state index in [-0.39, 0.29) is 27.9 Å². The number of sulfonamides is 1. The molecule has 0 bridgehead atoms. The van der Waals surface area contributed by atoms with Gasteiger partial charge in [-0.3, -0.25) is 9.69 Å². The third kappa shape index (κ3) is 4.33. The van der Waals surface area contributed by atoms with E-state index in [1.54, 1.807) is 6.08 Å². The molecule has 0 aliphatic carbocycles. The summed E-state index contributed by atoms with van der Waals surface area (Å²) in [7, 11) is -2.03. The van der Waals surface area contributed by atoms with Crippen LogP contribution in [0.2, 0.25) is 5.02 Å². The van der Waals surface area contributed by atoms with Gasteiger partial charge in [0.1, 0.15) is 0 Å². The van der Waals surface area contributed by atoms with E-state index in [1.165, 1.54) is 40.8 Å². The maximum atomic E-state index is 13.1. The molecule has 0 spiro atoms. The predicted octanol–water partition coefficient (Wildman–Crippen LogP) is 5.34. The van der Waals surface area contributed by atoms with Crippen LogP contribution in [0.25, 0.3) is 0 Å². The number of carbonyl (C=O) groups is 1. The van der Waals surface area contributed by atoms with Crippen LogP contribution in [0, 0.1) is 0 Å². The van der Waals surface area contributed by atoms with Gasteiger partial charge in [-0.25, -0.2) is 0 Å². The standard InChI is InChI=1S/C25H24ClN3O3S2/c1-5-16-29-23(30)21(33-24(29)27-34(31,32)18-12-10-17(26)11-13-18)14-15-22-25(2,3)19-8-6-7-9-20(19)28(22)4/h5-15H,1,16H2,2-4H3/b21-14-,22-15+,27-24+. The molecule has 2 aliphatic heterocycles. The number of fused-ring (bicyclic) bond motifs is 1. The van der Waals surface area contributed by atoms with Crippen LogP contribution in [0.3, 0.4) is 0 Å². The molecule has 6 nitrogen and oxygen atoms in total. The number of hydrogen-bond donors (Lipinski definition) is 0. The van der Waals surface area contributed by atoms with E-state index < -0.39 is 10.0 Å². The minimum Gasteiger partial charge on any atom is -0.347 e. The second-order valence-corrected chi connectivity index (χ2v) is 11.4. The number of nitrogens with zero attached hydrogens (tertiary/aromatic N) is 3. The summed E-state index contributed by atoms with van der Waals surface area (Å²) in [6, 6.07) is 13.9. The van der Waals surface area contributed by atoms with Gasteiger partial charge in [0.25, 0.3) is 15.9 Å². The van der Waals surface area contributed by atoms with Crippen molar-refractivity contribution in [1.29, 1.82) is 0 Å². The largest absolute Gasteiger partial charge is 0.347 e.